The Morgan fingerprint density at radius 1 is 0.853 bits per heavy atom. The van der Waals surface area contributed by atoms with Gasteiger partial charge in [0.25, 0.3) is 11.8 Å². The molecule has 1 unspecified atom stereocenters. The van der Waals surface area contributed by atoms with Crippen LogP contribution in [0.4, 0.5) is 28.9 Å². The average Bonchev–Trinajstić information content (AvgIpc) is 2.75. The van der Waals surface area contributed by atoms with Gasteiger partial charge in [0.1, 0.15) is 0 Å². The Hall–Kier alpha value is -3.30. The summed E-state index contributed by atoms with van der Waals surface area (Å²) >= 11 is 0. The average molecular weight is 480 g/mol. The Kier molecular flexibility index (Phi) is 6.42. The molecule has 0 saturated carbocycles. The van der Waals surface area contributed by atoms with Gasteiger partial charge in [-0.25, -0.2) is 22.4 Å². The van der Waals surface area contributed by atoms with Crippen molar-refractivity contribution in [2.24, 2.45) is 0 Å². The molecule has 10 heteroatoms. The molecule has 34 heavy (non-hydrogen) atoms. The number of esters is 2. The molecule has 2 heterocycles. The maximum Gasteiger partial charge on any atom is 0.352 e. The molecule has 4 rings (SSSR count). The van der Waals surface area contributed by atoms with Crippen LogP contribution in [-0.4, -0.2) is 56.6 Å². The van der Waals surface area contributed by atoms with Gasteiger partial charge in [0.05, 0.1) is 39.2 Å². The minimum absolute atomic E-state index is 0.0881. The summed E-state index contributed by atoms with van der Waals surface area (Å²) in [5.74, 6) is -6.80. The van der Waals surface area contributed by atoms with E-state index >= 15 is 0 Å². The summed E-state index contributed by atoms with van der Waals surface area (Å²) in [5.41, 5.74) is 2.16. The summed E-state index contributed by atoms with van der Waals surface area (Å²) in [6, 6.07) is 12.8. The fourth-order valence-corrected chi connectivity index (χ4v) is 3.88. The van der Waals surface area contributed by atoms with Crippen molar-refractivity contribution in [1.29, 1.82) is 0 Å². The van der Waals surface area contributed by atoms with Gasteiger partial charge in [0, 0.05) is 16.9 Å². The van der Waals surface area contributed by atoms with Crippen LogP contribution >= 0.6 is 0 Å². The maximum atomic E-state index is 13.1. The molecular formula is C24H24F4N2O4. The number of ether oxygens (including phenoxy) is 2. The van der Waals surface area contributed by atoms with Crippen molar-refractivity contribution in [3.05, 3.63) is 59.7 Å². The quantitative estimate of drug-likeness (QED) is 0.421. The lowest BCUT2D eigenvalue weighted by Crippen LogP contribution is -2.56. The van der Waals surface area contributed by atoms with E-state index in [0.717, 1.165) is 0 Å². The first-order valence-electron chi connectivity index (χ1n) is 10.9. The van der Waals surface area contributed by atoms with Gasteiger partial charge in [-0.15, -0.1) is 0 Å². The third-order valence-corrected chi connectivity index (χ3v) is 5.65. The number of hydrogen-bond acceptors (Lipinski definition) is 6. The van der Waals surface area contributed by atoms with E-state index in [0.29, 0.717) is 22.5 Å². The molecule has 2 aromatic carbocycles. The van der Waals surface area contributed by atoms with Gasteiger partial charge in [-0.1, -0.05) is 24.3 Å². The molecule has 2 aromatic rings. The Bertz CT molecular complexity index is 1030. The molecule has 6 nitrogen and oxygen atoms in total. The Labute approximate surface area is 194 Å². The molecule has 0 radical (unpaired) electrons. The highest BCUT2D eigenvalue weighted by Crippen LogP contribution is 2.33. The minimum Gasteiger partial charge on any atom is -0.463 e. The number of alkyl halides is 4. The lowest BCUT2D eigenvalue weighted by atomic mass is 10.1. The van der Waals surface area contributed by atoms with Crippen molar-refractivity contribution in [1.82, 2.24) is 0 Å². The van der Waals surface area contributed by atoms with E-state index in [2.05, 4.69) is 0 Å². The van der Waals surface area contributed by atoms with Crippen molar-refractivity contribution < 1.29 is 36.6 Å². The molecule has 0 aliphatic carbocycles. The molecule has 2 aliphatic rings. The monoisotopic (exact) mass is 480 g/mol. The van der Waals surface area contributed by atoms with Crippen LogP contribution in [0.15, 0.2) is 48.5 Å². The number of hydrogen-bond donors (Lipinski definition) is 0. The number of nitrogens with zero attached hydrogens (tertiary/aromatic N) is 2. The summed E-state index contributed by atoms with van der Waals surface area (Å²) in [7, 11) is 0. The van der Waals surface area contributed by atoms with Crippen molar-refractivity contribution in [2.45, 2.75) is 31.3 Å². The van der Waals surface area contributed by atoms with Gasteiger partial charge in [-0.3, -0.25) is 4.79 Å². The molecule has 2 saturated heterocycles. The number of rotatable bonds is 8. The van der Waals surface area contributed by atoms with Gasteiger partial charge in [0.2, 0.25) is 6.10 Å². The third-order valence-electron chi connectivity index (χ3n) is 5.65. The van der Waals surface area contributed by atoms with Crippen molar-refractivity contribution in [2.75, 3.05) is 42.6 Å². The second-order valence-electron chi connectivity index (χ2n) is 8.48. The zero-order valence-corrected chi connectivity index (χ0v) is 18.5. The van der Waals surface area contributed by atoms with Gasteiger partial charge in [-0.05, 0) is 36.8 Å². The maximum absolute atomic E-state index is 13.1. The smallest absolute Gasteiger partial charge is 0.352 e. The molecular weight excluding hydrogens is 456 g/mol. The molecule has 2 aliphatic heterocycles. The first-order valence-corrected chi connectivity index (χ1v) is 10.9. The predicted molar refractivity (Wildman–Crippen MR) is 116 cm³/mol. The van der Waals surface area contributed by atoms with Crippen molar-refractivity contribution >= 4 is 23.3 Å². The topological polar surface area (TPSA) is 59.1 Å². The lowest BCUT2D eigenvalue weighted by molar-refractivity contribution is -0.167. The highest BCUT2D eigenvalue weighted by molar-refractivity contribution is 5.82. The summed E-state index contributed by atoms with van der Waals surface area (Å²) in [4.78, 5) is 28.0. The van der Waals surface area contributed by atoms with E-state index in [-0.39, 0.29) is 39.2 Å². The molecule has 2 fully saturated rings. The number of anilines is 2. The van der Waals surface area contributed by atoms with Crippen LogP contribution in [0.25, 0.3) is 0 Å². The minimum atomic E-state index is -2.71. The zero-order chi connectivity index (χ0) is 24.5. The first-order chi connectivity index (χ1) is 16.0. The first kappa shape index (κ1) is 23.8. The standard InChI is InChI=1S/C24H24F4N2O4/c1-2-33-22(32)21(17-5-9-19(10-6-17)30-14-24(27,28)15-30)34-20(31)11-16-3-7-18(8-4-16)29-12-23(25,26)13-29/h3-10,21H,2,11-15H2,1H3. The summed E-state index contributed by atoms with van der Waals surface area (Å²) in [5, 5.41) is 0. The van der Waals surface area contributed by atoms with Gasteiger partial charge >= 0.3 is 11.9 Å². The van der Waals surface area contributed by atoms with Crippen molar-refractivity contribution in [3.63, 3.8) is 0 Å². The summed E-state index contributed by atoms with van der Waals surface area (Å²) in [6.07, 6.45) is -1.44. The highest BCUT2D eigenvalue weighted by atomic mass is 19.3. The van der Waals surface area contributed by atoms with E-state index in [1.807, 2.05) is 0 Å². The zero-order valence-electron chi connectivity index (χ0n) is 18.5. The SMILES string of the molecule is CCOC(=O)C(OC(=O)Cc1ccc(N2CC(F)(F)C2)cc1)c1ccc(N2CC(F)(F)C2)cc1. The molecule has 1 atom stereocenters. The summed E-state index contributed by atoms with van der Waals surface area (Å²) in [6.45, 7) is 0.288. The van der Waals surface area contributed by atoms with Gasteiger partial charge in [0.15, 0.2) is 0 Å². The molecule has 182 valence electrons. The van der Waals surface area contributed by atoms with Crippen LogP contribution in [0.2, 0.25) is 0 Å². The fraction of sp³-hybridized carbons (Fsp3) is 0.417. The number of carbonyl (C=O) groups excluding carboxylic acids is 2. The highest BCUT2D eigenvalue weighted by Gasteiger charge is 2.44. The summed E-state index contributed by atoms with van der Waals surface area (Å²) < 4.78 is 62.8. The second kappa shape index (κ2) is 9.15. The normalized spacial score (nSPS) is 19.0. The van der Waals surface area contributed by atoms with Gasteiger partial charge in [-0.2, -0.15) is 0 Å². The van der Waals surface area contributed by atoms with E-state index < -0.39 is 29.9 Å². The molecule has 0 bridgehead atoms. The van der Waals surface area contributed by atoms with E-state index in [9.17, 15) is 27.2 Å². The number of halogens is 4. The van der Waals surface area contributed by atoms with Crippen molar-refractivity contribution in [3.8, 4) is 0 Å². The second-order valence-corrected chi connectivity index (χ2v) is 8.48. The number of carbonyl (C=O) groups is 2. The van der Waals surface area contributed by atoms with Crippen LogP contribution in [0.5, 0.6) is 0 Å². The van der Waals surface area contributed by atoms with E-state index in [1.165, 1.54) is 21.9 Å². The Balaban J connectivity index is 1.39. The molecule has 0 N–H and O–H groups in total. The van der Waals surface area contributed by atoms with Crippen LogP contribution in [0.1, 0.15) is 24.2 Å². The van der Waals surface area contributed by atoms with Crippen LogP contribution in [0.3, 0.4) is 0 Å². The molecule has 0 aromatic heterocycles. The van der Waals surface area contributed by atoms with Crippen LogP contribution in [-0.2, 0) is 25.5 Å². The lowest BCUT2D eigenvalue weighted by Gasteiger charge is -2.40. The van der Waals surface area contributed by atoms with E-state index in [4.69, 9.17) is 9.47 Å². The Morgan fingerprint density at radius 2 is 1.32 bits per heavy atom. The van der Waals surface area contributed by atoms with E-state index in [1.54, 1.807) is 43.3 Å². The van der Waals surface area contributed by atoms with Crippen LogP contribution < -0.4 is 9.80 Å². The molecule has 0 amide bonds. The molecule has 0 spiro atoms. The Morgan fingerprint density at radius 3 is 1.76 bits per heavy atom. The van der Waals surface area contributed by atoms with Gasteiger partial charge < -0.3 is 19.3 Å². The third kappa shape index (κ3) is 5.43. The fourth-order valence-electron chi connectivity index (χ4n) is 3.88. The predicted octanol–water partition coefficient (Wildman–Crippen LogP) is 3.99. The largest absolute Gasteiger partial charge is 0.463 e. The van der Waals surface area contributed by atoms with Crippen LogP contribution in [0, 0.1) is 0 Å². The number of benzene rings is 2.